The topological polar surface area (TPSA) is 80.0 Å². The maximum Gasteiger partial charge on any atom is 0.251 e. The monoisotopic (exact) mass is 359 g/mol. The van der Waals surface area contributed by atoms with E-state index in [-0.39, 0.29) is 37.9 Å². The Labute approximate surface area is 129 Å². The minimum absolute atomic E-state index is 0.0112. The molecule has 1 aliphatic heterocycles. The van der Waals surface area contributed by atoms with E-state index in [1.165, 1.54) is 0 Å². The quantitative estimate of drug-likeness (QED) is 0.596. The van der Waals surface area contributed by atoms with E-state index in [0.29, 0.717) is 5.69 Å². The molecular weight excluding hydrogens is 344 g/mol. The van der Waals surface area contributed by atoms with Gasteiger partial charge in [-0.25, -0.2) is 13.8 Å². The second-order valence-corrected chi connectivity index (χ2v) is 5.68. The first-order valence-electron chi connectivity index (χ1n) is 6.42. The number of rotatable bonds is 1. The van der Waals surface area contributed by atoms with Gasteiger partial charge >= 0.3 is 0 Å². The van der Waals surface area contributed by atoms with Crippen molar-refractivity contribution in [1.29, 1.82) is 0 Å². The van der Waals surface area contributed by atoms with Crippen LogP contribution in [0.4, 0.5) is 14.5 Å². The predicted octanol–water partition coefficient (Wildman–Crippen LogP) is 2.44. The zero-order valence-electron chi connectivity index (χ0n) is 11.3. The highest BCUT2D eigenvalue weighted by molar-refractivity contribution is 9.10. The van der Waals surface area contributed by atoms with Crippen molar-refractivity contribution >= 4 is 33.5 Å². The molecule has 4 N–H and O–H groups in total. The number of guanidine groups is 2. The molecule has 0 aromatic heterocycles. The maximum absolute atomic E-state index is 13.1. The van der Waals surface area contributed by atoms with Gasteiger partial charge in [0, 0.05) is 30.4 Å². The second-order valence-electron chi connectivity index (χ2n) is 4.76. The minimum atomic E-state index is -2.62. The van der Waals surface area contributed by atoms with Gasteiger partial charge in [-0.15, -0.1) is 0 Å². The Balaban J connectivity index is 2.05. The zero-order valence-corrected chi connectivity index (χ0v) is 12.9. The van der Waals surface area contributed by atoms with Crippen LogP contribution in [-0.4, -0.2) is 35.8 Å². The summed E-state index contributed by atoms with van der Waals surface area (Å²) in [6.07, 6.45) is -0.461. The number of alkyl halides is 2. The lowest BCUT2D eigenvalue weighted by molar-refractivity contribution is -0.0435. The lowest BCUT2D eigenvalue weighted by Gasteiger charge is -2.32. The highest BCUT2D eigenvalue weighted by Gasteiger charge is 2.34. The molecule has 0 bridgehead atoms. The van der Waals surface area contributed by atoms with Gasteiger partial charge in [0.1, 0.15) is 0 Å². The van der Waals surface area contributed by atoms with Gasteiger partial charge < -0.3 is 16.4 Å². The first-order valence-corrected chi connectivity index (χ1v) is 7.22. The van der Waals surface area contributed by atoms with Crippen molar-refractivity contribution in [2.45, 2.75) is 18.8 Å². The zero-order chi connectivity index (χ0) is 15.5. The maximum atomic E-state index is 13.1. The number of hydrogen-bond acceptors (Lipinski definition) is 1. The van der Waals surface area contributed by atoms with Crippen molar-refractivity contribution in [3.63, 3.8) is 0 Å². The summed E-state index contributed by atoms with van der Waals surface area (Å²) in [7, 11) is 0. The average molecular weight is 360 g/mol. The fourth-order valence-corrected chi connectivity index (χ4v) is 2.34. The summed E-state index contributed by atoms with van der Waals surface area (Å²) in [5.41, 5.74) is 12.1. The molecule has 1 saturated heterocycles. The van der Waals surface area contributed by atoms with Crippen LogP contribution in [0, 0.1) is 0 Å². The third kappa shape index (κ3) is 4.66. The smallest absolute Gasteiger partial charge is 0.251 e. The molecular formula is C13H16BrF2N5. The van der Waals surface area contributed by atoms with E-state index in [1.807, 2.05) is 12.1 Å². The second kappa shape index (κ2) is 6.38. The number of benzene rings is 1. The molecule has 2 rings (SSSR count). The van der Waals surface area contributed by atoms with E-state index in [9.17, 15) is 8.78 Å². The third-order valence-corrected chi connectivity index (χ3v) is 3.59. The Kier molecular flexibility index (Phi) is 4.76. The number of halogens is 3. The van der Waals surface area contributed by atoms with E-state index < -0.39 is 5.92 Å². The van der Waals surface area contributed by atoms with E-state index in [0.717, 1.165) is 4.47 Å². The molecule has 0 radical (unpaired) electrons. The van der Waals surface area contributed by atoms with Gasteiger partial charge in [0.15, 0.2) is 5.96 Å². The summed E-state index contributed by atoms with van der Waals surface area (Å²) in [4.78, 5) is 9.65. The Morgan fingerprint density at radius 3 is 2.52 bits per heavy atom. The lowest BCUT2D eigenvalue weighted by atomic mass is 10.1. The van der Waals surface area contributed by atoms with Crippen molar-refractivity contribution in [1.82, 2.24) is 4.90 Å². The average Bonchev–Trinajstić information content (AvgIpc) is 2.38. The molecule has 5 nitrogen and oxygen atoms in total. The molecule has 1 aromatic rings. The lowest BCUT2D eigenvalue weighted by Crippen LogP contribution is -2.46. The Morgan fingerprint density at radius 2 is 1.90 bits per heavy atom. The predicted molar refractivity (Wildman–Crippen MR) is 82.8 cm³/mol. The molecule has 1 fully saturated rings. The van der Waals surface area contributed by atoms with Gasteiger partial charge in [0.2, 0.25) is 5.96 Å². The van der Waals surface area contributed by atoms with E-state index >= 15 is 0 Å². The standard InChI is InChI=1S/C13H16BrF2N5/c14-9-2-1-3-10(8-9)19-11(17)20-12(18)21-6-4-13(15,16)5-7-21/h1-3,8H,4-7H2,(H4,17,18,19,20). The van der Waals surface area contributed by atoms with Crippen molar-refractivity contribution in [3.8, 4) is 0 Å². The Hall–Kier alpha value is -1.70. The molecule has 0 spiro atoms. The van der Waals surface area contributed by atoms with Crippen molar-refractivity contribution in [3.05, 3.63) is 28.7 Å². The fraction of sp³-hybridized carbons (Fsp3) is 0.385. The number of nitrogens with zero attached hydrogens (tertiary/aromatic N) is 3. The normalized spacial score (nSPS) is 19.7. The largest absolute Gasteiger partial charge is 0.369 e. The Bertz CT molecular complexity index is 563. The van der Waals surface area contributed by atoms with Crippen molar-refractivity contribution in [2.24, 2.45) is 21.5 Å². The van der Waals surface area contributed by atoms with Gasteiger partial charge in [-0.3, -0.25) is 0 Å². The van der Waals surface area contributed by atoms with Crippen LogP contribution in [0.15, 0.2) is 38.7 Å². The van der Waals surface area contributed by atoms with Crippen molar-refractivity contribution in [2.75, 3.05) is 13.1 Å². The number of piperidine rings is 1. The summed E-state index contributed by atoms with van der Waals surface area (Å²) in [6, 6.07) is 7.22. The molecule has 0 atom stereocenters. The van der Waals surface area contributed by atoms with E-state index in [2.05, 4.69) is 25.9 Å². The summed E-state index contributed by atoms with van der Waals surface area (Å²) in [5.74, 6) is -2.52. The van der Waals surface area contributed by atoms with Crippen LogP contribution in [0.1, 0.15) is 12.8 Å². The van der Waals surface area contributed by atoms with Crippen LogP contribution in [-0.2, 0) is 0 Å². The highest BCUT2D eigenvalue weighted by atomic mass is 79.9. The highest BCUT2D eigenvalue weighted by Crippen LogP contribution is 2.27. The molecule has 0 unspecified atom stereocenters. The third-order valence-electron chi connectivity index (χ3n) is 3.10. The van der Waals surface area contributed by atoms with Gasteiger partial charge in [-0.1, -0.05) is 22.0 Å². The first-order chi connectivity index (χ1) is 9.85. The van der Waals surface area contributed by atoms with Crippen molar-refractivity contribution < 1.29 is 8.78 Å². The van der Waals surface area contributed by atoms with Crippen LogP contribution < -0.4 is 11.5 Å². The van der Waals surface area contributed by atoms with Gasteiger partial charge in [0.25, 0.3) is 5.92 Å². The Morgan fingerprint density at radius 1 is 1.24 bits per heavy atom. The molecule has 0 amide bonds. The molecule has 1 heterocycles. The van der Waals surface area contributed by atoms with Gasteiger partial charge in [-0.2, -0.15) is 4.99 Å². The molecule has 1 aliphatic rings. The molecule has 21 heavy (non-hydrogen) atoms. The SMILES string of the molecule is NC(=Nc1cccc(Br)c1)N=C(N)N1CCC(F)(F)CC1. The first kappa shape index (κ1) is 15.7. The summed E-state index contributed by atoms with van der Waals surface area (Å²) < 4.78 is 27.0. The van der Waals surface area contributed by atoms with E-state index in [4.69, 9.17) is 11.5 Å². The van der Waals surface area contributed by atoms with Crippen LogP contribution >= 0.6 is 15.9 Å². The van der Waals surface area contributed by atoms with Gasteiger partial charge in [-0.05, 0) is 18.2 Å². The molecule has 0 aliphatic carbocycles. The molecule has 8 heteroatoms. The molecule has 114 valence electrons. The van der Waals surface area contributed by atoms with Crippen LogP contribution in [0.25, 0.3) is 0 Å². The molecule has 0 saturated carbocycles. The minimum Gasteiger partial charge on any atom is -0.369 e. The van der Waals surface area contributed by atoms with Crippen LogP contribution in [0.5, 0.6) is 0 Å². The molecule has 1 aromatic carbocycles. The number of nitrogens with two attached hydrogens (primary N) is 2. The number of likely N-dealkylation sites (tertiary alicyclic amines) is 1. The number of hydrogen-bond donors (Lipinski definition) is 2. The van der Waals surface area contributed by atoms with Crippen LogP contribution in [0.3, 0.4) is 0 Å². The summed E-state index contributed by atoms with van der Waals surface area (Å²) in [6.45, 7) is 0.318. The number of aliphatic imine (C=N–C) groups is 2. The summed E-state index contributed by atoms with van der Waals surface area (Å²) >= 11 is 3.33. The van der Waals surface area contributed by atoms with Crippen LogP contribution in [0.2, 0.25) is 0 Å². The van der Waals surface area contributed by atoms with E-state index in [1.54, 1.807) is 17.0 Å². The fourth-order valence-electron chi connectivity index (χ4n) is 1.95. The van der Waals surface area contributed by atoms with Gasteiger partial charge in [0.05, 0.1) is 5.69 Å². The summed E-state index contributed by atoms with van der Waals surface area (Å²) in [5, 5.41) is 0.